The molecule has 22 heavy (non-hydrogen) atoms. The largest absolute Gasteiger partial charge is 0.353 e. The van der Waals surface area contributed by atoms with Crippen molar-refractivity contribution < 1.29 is 13.2 Å². The third kappa shape index (κ3) is 4.20. The first-order valence-corrected chi connectivity index (χ1v) is 9.98. The van der Waals surface area contributed by atoms with Crippen molar-refractivity contribution in [2.75, 3.05) is 31.9 Å². The van der Waals surface area contributed by atoms with Crippen molar-refractivity contribution in [3.05, 3.63) is 0 Å². The zero-order valence-corrected chi connectivity index (χ0v) is 14.5. The number of amides is 1. The predicted octanol–water partition coefficient (Wildman–Crippen LogP) is 0.697. The maximum atomic E-state index is 12.5. The van der Waals surface area contributed by atoms with Crippen LogP contribution in [0, 0.1) is 5.41 Å². The molecule has 0 radical (unpaired) electrons. The maximum Gasteiger partial charge on any atom is 0.227 e. The number of nitrogens with zero attached hydrogens (tertiary/aromatic N) is 1. The summed E-state index contributed by atoms with van der Waals surface area (Å²) in [6.07, 6.45) is 3.99. The van der Waals surface area contributed by atoms with Gasteiger partial charge in [-0.15, -0.1) is 0 Å². The van der Waals surface area contributed by atoms with Gasteiger partial charge in [0.1, 0.15) is 0 Å². The standard InChI is InChI=1S/C15H29N3O3S/c1-3-11-22(20,21)18-9-5-13(6-10-18)17-14(19)15(2)7-4-8-16-12-15/h13,16H,3-12H2,1-2H3,(H,17,19). The van der Waals surface area contributed by atoms with E-state index in [0.717, 1.165) is 25.9 Å². The molecule has 0 aliphatic carbocycles. The van der Waals surface area contributed by atoms with Crippen molar-refractivity contribution in [2.45, 2.75) is 52.0 Å². The van der Waals surface area contributed by atoms with Gasteiger partial charge in [-0.1, -0.05) is 6.92 Å². The molecule has 6 nitrogen and oxygen atoms in total. The second-order valence-electron chi connectivity index (χ2n) is 6.80. The lowest BCUT2D eigenvalue weighted by atomic mass is 9.81. The number of hydrogen-bond donors (Lipinski definition) is 2. The van der Waals surface area contributed by atoms with Crippen molar-refractivity contribution in [3.63, 3.8) is 0 Å². The van der Waals surface area contributed by atoms with Gasteiger partial charge in [0.05, 0.1) is 11.2 Å². The van der Waals surface area contributed by atoms with Gasteiger partial charge in [0, 0.05) is 25.7 Å². The molecule has 0 saturated carbocycles. The summed E-state index contributed by atoms with van der Waals surface area (Å²) in [6, 6.07) is 0.0966. The van der Waals surface area contributed by atoms with Crippen LogP contribution in [0.2, 0.25) is 0 Å². The first kappa shape index (κ1) is 17.7. The van der Waals surface area contributed by atoms with Crippen LogP contribution in [0.3, 0.4) is 0 Å². The molecule has 0 spiro atoms. The molecule has 2 aliphatic heterocycles. The highest BCUT2D eigenvalue weighted by molar-refractivity contribution is 7.89. The molecule has 2 heterocycles. The Hall–Kier alpha value is -0.660. The Morgan fingerprint density at radius 1 is 1.36 bits per heavy atom. The second kappa shape index (κ2) is 7.27. The topological polar surface area (TPSA) is 78.5 Å². The Morgan fingerprint density at radius 2 is 2.05 bits per heavy atom. The van der Waals surface area contributed by atoms with Gasteiger partial charge in [0.2, 0.25) is 15.9 Å². The van der Waals surface area contributed by atoms with Crippen molar-refractivity contribution in [1.29, 1.82) is 0 Å². The van der Waals surface area contributed by atoms with E-state index < -0.39 is 10.0 Å². The van der Waals surface area contributed by atoms with Crippen LogP contribution in [-0.2, 0) is 14.8 Å². The number of rotatable bonds is 5. The van der Waals surface area contributed by atoms with Gasteiger partial charge < -0.3 is 10.6 Å². The number of hydrogen-bond acceptors (Lipinski definition) is 4. The van der Waals surface area contributed by atoms with Gasteiger partial charge in [-0.05, 0) is 45.6 Å². The van der Waals surface area contributed by atoms with Crippen LogP contribution in [0.15, 0.2) is 0 Å². The quantitative estimate of drug-likeness (QED) is 0.777. The highest BCUT2D eigenvalue weighted by Crippen LogP contribution is 2.26. The summed E-state index contributed by atoms with van der Waals surface area (Å²) in [5.74, 6) is 0.322. The van der Waals surface area contributed by atoms with Crippen LogP contribution < -0.4 is 10.6 Å². The van der Waals surface area contributed by atoms with Crippen LogP contribution in [-0.4, -0.2) is 56.6 Å². The number of piperidine rings is 2. The van der Waals surface area contributed by atoms with E-state index in [4.69, 9.17) is 0 Å². The summed E-state index contributed by atoms with van der Waals surface area (Å²) in [4.78, 5) is 12.5. The van der Waals surface area contributed by atoms with Crippen LogP contribution in [0.25, 0.3) is 0 Å². The molecule has 2 fully saturated rings. The Kier molecular flexibility index (Phi) is 5.85. The molecule has 0 bridgehead atoms. The molecule has 2 aliphatic rings. The van der Waals surface area contributed by atoms with Crippen molar-refractivity contribution >= 4 is 15.9 Å². The molecule has 0 aromatic rings. The summed E-state index contributed by atoms with van der Waals surface area (Å²) < 4.78 is 25.7. The molecule has 7 heteroatoms. The van der Waals surface area contributed by atoms with E-state index in [9.17, 15) is 13.2 Å². The lowest BCUT2D eigenvalue weighted by Gasteiger charge is -2.36. The monoisotopic (exact) mass is 331 g/mol. The van der Waals surface area contributed by atoms with E-state index in [-0.39, 0.29) is 23.1 Å². The summed E-state index contributed by atoms with van der Waals surface area (Å²) in [7, 11) is -3.11. The number of sulfonamides is 1. The Labute approximate surface area is 134 Å². The first-order chi connectivity index (χ1) is 10.4. The highest BCUT2D eigenvalue weighted by Gasteiger charge is 2.36. The molecule has 2 rings (SSSR count). The summed E-state index contributed by atoms with van der Waals surface area (Å²) in [6.45, 7) is 6.63. The predicted molar refractivity (Wildman–Crippen MR) is 87.0 cm³/mol. The maximum absolute atomic E-state index is 12.5. The molecular formula is C15H29N3O3S. The molecule has 1 atom stereocenters. The minimum Gasteiger partial charge on any atom is -0.353 e. The SMILES string of the molecule is CCCS(=O)(=O)N1CCC(NC(=O)C2(C)CCCNC2)CC1. The smallest absolute Gasteiger partial charge is 0.227 e. The summed E-state index contributed by atoms with van der Waals surface area (Å²) >= 11 is 0. The molecule has 1 amide bonds. The fourth-order valence-corrected chi connectivity index (χ4v) is 4.82. The number of nitrogens with one attached hydrogen (secondary N) is 2. The van der Waals surface area contributed by atoms with Crippen molar-refractivity contribution in [2.24, 2.45) is 5.41 Å². The van der Waals surface area contributed by atoms with Crippen LogP contribution >= 0.6 is 0 Å². The fraction of sp³-hybridized carbons (Fsp3) is 0.933. The third-order valence-corrected chi connectivity index (χ3v) is 6.87. The van der Waals surface area contributed by atoms with E-state index in [1.807, 2.05) is 13.8 Å². The molecule has 0 aromatic carbocycles. The molecule has 2 N–H and O–H groups in total. The molecule has 0 aromatic heterocycles. The summed E-state index contributed by atoms with van der Waals surface area (Å²) in [5.41, 5.74) is -0.330. The van der Waals surface area contributed by atoms with E-state index in [0.29, 0.717) is 32.4 Å². The summed E-state index contributed by atoms with van der Waals surface area (Å²) in [5, 5.41) is 6.42. The average Bonchev–Trinajstić information content (AvgIpc) is 2.48. The van der Waals surface area contributed by atoms with E-state index in [1.165, 1.54) is 0 Å². The van der Waals surface area contributed by atoms with Crippen molar-refractivity contribution in [1.82, 2.24) is 14.9 Å². The van der Waals surface area contributed by atoms with Gasteiger partial charge in [0.15, 0.2) is 0 Å². The zero-order chi connectivity index (χ0) is 16.2. The van der Waals surface area contributed by atoms with Gasteiger partial charge >= 0.3 is 0 Å². The molecule has 128 valence electrons. The van der Waals surface area contributed by atoms with Crippen LogP contribution in [0.4, 0.5) is 0 Å². The average molecular weight is 331 g/mol. The van der Waals surface area contributed by atoms with Crippen molar-refractivity contribution in [3.8, 4) is 0 Å². The van der Waals surface area contributed by atoms with Gasteiger partial charge in [-0.3, -0.25) is 4.79 Å². The third-order valence-electron chi connectivity index (χ3n) is 4.79. The number of carbonyl (C=O) groups is 1. The minimum absolute atomic E-state index is 0.0966. The second-order valence-corrected chi connectivity index (χ2v) is 8.89. The fourth-order valence-electron chi connectivity index (χ4n) is 3.28. The Morgan fingerprint density at radius 3 is 2.59 bits per heavy atom. The molecule has 1 unspecified atom stereocenters. The van der Waals surface area contributed by atoms with E-state index >= 15 is 0 Å². The number of carbonyl (C=O) groups excluding carboxylic acids is 1. The first-order valence-electron chi connectivity index (χ1n) is 8.37. The van der Waals surface area contributed by atoms with E-state index in [1.54, 1.807) is 4.31 Å². The molecule has 2 saturated heterocycles. The lowest BCUT2D eigenvalue weighted by molar-refractivity contribution is -0.132. The normalized spacial score (nSPS) is 28.5. The van der Waals surface area contributed by atoms with Gasteiger partial charge in [-0.2, -0.15) is 0 Å². The van der Waals surface area contributed by atoms with Crippen LogP contribution in [0.5, 0.6) is 0 Å². The molecular weight excluding hydrogens is 302 g/mol. The highest BCUT2D eigenvalue weighted by atomic mass is 32.2. The Balaban J connectivity index is 1.83. The minimum atomic E-state index is -3.11. The van der Waals surface area contributed by atoms with Gasteiger partial charge in [-0.25, -0.2) is 12.7 Å². The lowest BCUT2D eigenvalue weighted by Crippen LogP contribution is -2.53. The van der Waals surface area contributed by atoms with E-state index in [2.05, 4.69) is 10.6 Å². The van der Waals surface area contributed by atoms with Gasteiger partial charge in [0.25, 0.3) is 0 Å². The Bertz CT molecular complexity index is 478. The van der Waals surface area contributed by atoms with Crippen LogP contribution in [0.1, 0.15) is 46.0 Å². The zero-order valence-electron chi connectivity index (χ0n) is 13.7.